The number of amides is 2. The zero-order valence-electron chi connectivity index (χ0n) is 24.0. The largest absolute Gasteiger partial charge is 0.450 e. The van der Waals surface area contributed by atoms with Crippen molar-refractivity contribution in [1.82, 2.24) is 15.2 Å². The molecule has 2 aliphatic rings. The van der Waals surface area contributed by atoms with Gasteiger partial charge in [0.15, 0.2) is 10.4 Å². The van der Waals surface area contributed by atoms with Crippen molar-refractivity contribution in [2.45, 2.75) is 33.5 Å². The van der Waals surface area contributed by atoms with E-state index in [0.29, 0.717) is 9.24 Å². The fourth-order valence-electron chi connectivity index (χ4n) is 5.57. The highest BCUT2D eigenvalue weighted by molar-refractivity contribution is 8.08. The van der Waals surface area contributed by atoms with Crippen molar-refractivity contribution in [1.29, 1.82) is 0 Å². The number of thiazole rings is 1. The molecule has 4 aromatic carbocycles. The van der Waals surface area contributed by atoms with Gasteiger partial charge in [-0.05, 0) is 28.8 Å². The first-order valence-corrected chi connectivity index (χ1v) is 16.8. The van der Waals surface area contributed by atoms with Gasteiger partial charge in [-0.25, -0.2) is 9.78 Å². The van der Waals surface area contributed by atoms with Gasteiger partial charge in [-0.15, -0.1) is 11.3 Å². The average molecular weight is 650 g/mol. The highest BCUT2D eigenvalue weighted by Gasteiger charge is 2.60. The molecule has 2 aliphatic heterocycles. The topological polar surface area (TPSA) is 88.6 Å². The van der Waals surface area contributed by atoms with Crippen LogP contribution in [-0.2, 0) is 19.1 Å². The number of benzene rings is 4. The summed E-state index contributed by atoms with van der Waals surface area (Å²) in [6.45, 7) is 1.38. The first-order chi connectivity index (χ1) is 21.9. The zero-order valence-corrected chi connectivity index (χ0v) is 26.5. The Morgan fingerprint density at radius 1 is 0.889 bits per heavy atom. The second-order valence-corrected chi connectivity index (χ2v) is 14.3. The van der Waals surface area contributed by atoms with E-state index in [0.717, 1.165) is 26.9 Å². The monoisotopic (exact) mass is 649 g/mol. The molecule has 5 aromatic rings. The number of nitrogens with zero attached hydrogens (tertiary/aromatic N) is 2. The number of nitrogens with one attached hydrogen (secondary N) is 1. The Bertz CT molecular complexity index is 1840. The molecule has 10 heteroatoms. The van der Waals surface area contributed by atoms with Gasteiger partial charge in [0.1, 0.15) is 5.37 Å². The predicted molar refractivity (Wildman–Crippen MR) is 178 cm³/mol. The van der Waals surface area contributed by atoms with Crippen LogP contribution in [0.3, 0.4) is 0 Å². The average Bonchev–Trinajstić information content (AvgIpc) is 3.48. The van der Waals surface area contributed by atoms with Crippen molar-refractivity contribution in [2.75, 3.05) is 0 Å². The van der Waals surface area contributed by atoms with Crippen molar-refractivity contribution < 1.29 is 19.1 Å². The maximum Gasteiger partial charge on any atom is 0.349 e. The Kier molecular flexibility index (Phi) is 7.95. The number of fused-ring (bicyclic) bond motifs is 2. The zero-order chi connectivity index (χ0) is 31.0. The van der Waals surface area contributed by atoms with E-state index in [1.807, 2.05) is 115 Å². The number of aromatic nitrogens is 1. The molecule has 0 bridgehead atoms. The summed E-state index contributed by atoms with van der Waals surface area (Å²) in [5.74, 6) is -1.59. The number of para-hydroxylation sites is 1. The SMILES string of the molecule is CC(=O)NC1(C(=O)OC(c2ccccc2)c2ccccc2)S[C@@H]2C(c3ccccc3)C(=O)N2C=C1Sc1nc2ccccc2s1. The molecule has 45 heavy (non-hydrogen) atoms. The molecular weight excluding hydrogens is 623 g/mol. The summed E-state index contributed by atoms with van der Waals surface area (Å²) in [5.41, 5.74) is 3.27. The van der Waals surface area contributed by atoms with Gasteiger partial charge in [0.25, 0.3) is 0 Å². The Morgan fingerprint density at radius 2 is 1.49 bits per heavy atom. The highest BCUT2D eigenvalue weighted by atomic mass is 32.2. The maximum atomic E-state index is 14.8. The Morgan fingerprint density at radius 3 is 2.11 bits per heavy atom. The predicted octanol–water partition coefficient (Wildman–Crippen LogP) is 7.09. The molecule has 1 fully saturated rings. The molecule has 1 saturated heterocycles. The van der Waals surface area contributed by atoms with Crippen LogP contribution in [0, 0.1) is 0 Å². The summed E-state index contributed by atoms with van der Waals surface area (Å²) >= 11 is 3.97. The molecule has 1 N–H and O–H groups in total. The molecule has 0 saturated carbocycles. The standard InChI is InChI=1S/C35H27N3O4S3/c1-22(39)37-35(33(41)42-30(24-15-7-3-8-16-24)25-17-9-4-10-18-25)28(44-34-36-26-19-11-12-20-27(26)43-34)21-38-31(40)29(32(38)45-35)23-13-5-2-6-14-23/h2-21,29-30,32H,1H3,(H,37,39)/t29?,32-,35?/m1/s1. The fraction of sp³-hybridized carbons (Fsp3) is 0.143. The van der Waals surface area contributed by atoms with Crippen LogP contribution < -0.4 is 5.32 Å². The molecule has 0 radical (unpaired) electrons. The number of carbonyl (C=O) groups is 3. The normalized spacial score (nSPS) is 20.7. The highest BCUT2D eigenvalue weighted by Crippen LogP contribution is 2.56. The molecule has 0 spiro atoms. The molecule has 2 amide bonds. The fourth-order valence-corrected chi connectivity index (χ4v) is 9.59. The van der Waals surface area contributed by atoms with E-state index in [9.17, 15) is 14.4 Å². The molecule has 7 rings (SSSR count). The van der Waals surface area contributed by atoms with Crippen LogP contribution in [0.25, 0.3) is 10.2 Å². The van der Waals surface area contributed by atoms with Crippen molar-refractivity contribution in [2.24, 2.45) is 0 Å². The first kappa shape index (κ1) is 29.3. The maximum absolute atomic E-state index is 14.8. The summed E-state index contributed by atoms with van der Waals surface area (Å²) in [6, 6.07) is 36.3. The van der Waals surface area contributed by atoms with Crippen LogP contribution in [-0.4, -0.2) is 37.9 Å². The lowest BCUT2D eigenvalue weighted by molar-refractivity contribution is -0.152. The van der Waals surface area contributed by atoms with Crippen LogP contribution in [0.2, 0.25) is 0 Å². The molecule has 0 aliphatic carbocycles. The number of thioether (sulfide) groups is 2. The number of esters is 1. The summed E-state index contributed by atoms with van der Waals surface area (Å²) in [5, 5.41) is 2.54. The van der Waals surface area contributed by atoms with E-state index >= 15 is 0 Å². The number of β-lactam (4-membered cyclic amide) rings is 1. The number of hydrogen-bond donors (Lipinski definition) is 1. The van der Waals surface area contributed by atoms with E-state index in [1.54, 1.807) is 11.1 Å². The lowest BCUT2D eigenvalue weighted by Gasteiger charge is -2.52. The van der Waals surface area contributed by atoms with Crippen molar-refractivity contribution in [3.63, 3.8) is 0 Å². The lowest BCUT2D eigenvalue weighted by Crippen LogP contribution is -2.64. The Hall–Kier alpha value is -4.38. The van der Waals surface area contributed by atoms with Crippen LogP contribution in [0.4, 0.5) is 0 Å². The number of carbonyl (C=O) groups excluding carboxylic acids is 3. The number of hydrogen-bond acceptors (Lipinski definition) is 8. The van der Waals surface area contributed by atoms with E-state index < -0.39 is 34.1 Å². The molecule has 224 valence electrons. The first-order valence-electron chi connectivity index (χ1n) is 14.3. The van der Waals surface area contributed by atoms with Gasteiger partial charge >= 0.3 is 5.97 Å². The Labute approximate surface area is 272 Å². The smallest absolute Gasteiger partial charge is 0.349 e. The van der Waals surface area contributed by atoms with Gasteiger partial charge in [-0.2, -0.15) is 0 Å². The van der Waals surface area contributed by atoms with E-state index in [2.05, 4.69) is 5.32 Å². The number of ether oxygens (including phenoxy) is 1. The van der Waals surface area contributed by atoms with Gasteiger partial charge in [-0.3, -0.25) is 9.59 Å². The van der Waals surface area contributed by atoms with Crippen LogP contribution in [0.5, 0.6) is 0 Å². The van der Waals surface area contributed by atoms with Gasteiger partial charge in [0.05, 0.1) is 21.0 Å². The third-order valence-corrected chi connectivity index (χ3v) is 11.6. The van der Waals surface area contributed by atoms with E-state index in [4.69, 9.17) is 9.72 Å². The minimum Gasteiger partial charge on any atom is -0.450 e. The van der Waals surface area contributed by atoms with Gasteiger partial charge in [-0.1, -0.05) is 127 Å². The van der Waals surface area contributed by atoms with Gasteiger partial charge in [0, 0.05) is 13.1 Å². The molecule has 1 aromatic heterocycles. The van der Waals surface area contributed by atoms with E-state index in [-0.39, 0.29) is 5.91 Å². The minimum atomic E-state index is -1.65. The van der Waals surface area contributed by atoms with Crippen LogP contribution in [0.1, 0.15) is 35.6 Å². The summed E-state index contributed by atoms with van der Waals surface area (Å²) in [7, 11) is 0. The third-order valence-electron chi connectivity index (χ3n) is 7.68. The number of rotatable bonds is 8. The molecule has 3 atom stereocenters. The minimum absolute atomic E-state index is 0.0719. The Balaban J connectivity index is 1.33. The second-order valence-electron chi connectivity index (χ2n) is 10.7. The van der Waals surface area contributed by atoms with Crippen LogP contribution in [0.15, 0.2) is 131 Å². The summed E-state index contributed by atoms with van der Waals surface area (Å²) in [4.78, 5) is 46.5. The summed E-state index contributed by atoms with van der Waals surface area (Å²) < 4.78 is 8.09. The van der Waals surface area contributed by atoms with Crippen LogP contribution >= 0.6 is 34.9 Å². The van der Waals surface area contributed by atoms with Gasteiger partial charge < -0.3 is 15.0 Å². The van der Waals surface area contributed by atoms with Crippen molar-refractivity contribution in [3.8, 4) is 0 Å². The van der Waals surface area contributed by atoms with Crippen molar-refractivity contribution >= 4 is 62.9 Å². The quantitative estimate of drug-likeness (QED) is 0.142. The molecule has 7 nitrogen and oxygen atoms in total. The van der Waals surface area contributed by atoms with E-state index in [1.165, 1.54) is 41.8 Å². The molecule has 3 heterocycles. The molecular formula is C35H27N3O4S3. The molecule has 2 unspecified atom stereocenters. The van der Waals surface area contributed by atoms with Gasteiger partial charge in [0.2, 0.25) is 16.7 Å². The second kappa shape index (κ2) is 12.2. The summed E-state index contributed by atoms with van der Waals surface area (Å²) in [6.07, 6.45) is 0.961. The van der Waals surface area contributed by atoms with Crippen molar-refractivity contribution in [3.05, 3.63) is 143 Å². The third kappa shape index (κ3) is 5.54. The lowest BCUT2D eigenvalue weighted by atomic mass is 9.90.